The van der Waals surface area contributed by atoms with Gasteiger partial charge in [0.05, 0.1) is 24.0 Å². The lowest BCUT2D eigenvalue weighted by molar-refractivity contribution is -0.138. The standard InChI is InChI=1S/C22H33N3O6S/c1-4-30-20-9-8-19(15-17(20)3)32(28,29)25-10-6-7-18(16-25)21(26)23-11-13-24(14-12-23)22(27)31-5-2/h8-9,15,18H,4-7,10-14,16H2,1-3H3/t18-/m1/s1. The van der Waals surface area contributed by atoms with Gasteiger partial charge in [0.25, 0.3) is 0 Å². The van der Waals surface area contributed by atoms with Crippen LogP contribution in [0.2, 0.25) is 0 Å². The van der Waals surface area contributed by atoms with Gasteiger partial charge in [0.1, 0.15) is 5.75 Å². The number of piperazine rings is 1. The fourth-order valence-electron chi connectivity index (χ4n) is 4.19. The minimum atomic E-state index is -3.70. The van der Waals surface area contributed by atoms with Gasteiger partial charge < -0.3 is 19.3 Å². The number of rotatable bonds is 6. The number of benzene rings is 1. The second kappa shape index (κ2) is 10.5. The van der Waals surface area contributed by atoms with Crippen molar-refractivity contribution >= 4 is 22.0 Å². The molecule has 2 amide bonds. The molecule has 10 heteroatoms. The van der Waals surface area contributed by atoms with Crippen molar-refractivity contribution in [3.63, 3.8) is 0 Å². The van der Waals surface area contributed by atoms with Crippen molar-refractivity contribution in [2.75, 3.05) is 52.5 Å². The van der Waals surface area contributed by atoms with Gasteiger partial charge in [-0.2, -0.15) is 4.31 Å². The Balaban J connectivity index is 1.64. The molecule has 0 bridgehead atoms. The predicted molar refractivity (Wildman–Crippen MR) is 119 cm³/mol. The number of piperidine rings is 1. The molecule has 0 aliphatic carbocycles. The fourth-order valence-corrected chi connectivity index (χ4v) is 5.80. The Hall–Kier alpha value is -2.33. The Bertz CT molecular complexity index is 928. The number of hydrogen-bond acceptors (Lipinski definition) is 6. The highest BCUT2D eigenvalue weighted by atomic mass is 32.2. The summed E-state index contributed by atoms with van der Waals surface area (Å²) in [4.78, 5) is 28.5. The number of hydrogen-bond donors (Lipinski definition) is 0. The normalized spacial score (nSPS) is 20.2. The van der Waals surface area contributed by atoms with E-state index in [-0.39, 0.29) is 29.4 Å². The first-order valence-corrected chi connectivity index (χ1v) is 12.7. The first-order chi connectivity index (χ1) is 15.3. The molecule has 0 unspecified atom stereocenters. The Morgan fingerprint density at radius 2 is 1.72 bits per heavy atom. The third-order valence-electron chi connectivity index (χ3n) is 5.93. The topological polar surface area (TPSA) is 96.5 Å². The minimum Gasteiger partial charge on any atom is -0.494 e. The maximum Gasteiger partial charge on any atom is 0.409 e. The monoisotopic (exact) mass is 467 g/mol. The quantitative estimate of drug-likeness (QED) is 0.636. The number of ether oxygens (including phenoxy) is 2. The largest absolute Gasteiger partial charge is 0.494 e. The molecule has 2 aliphatic rings. The highest BCUT2D eigenvalue weighted by molar-refractivity contribution is 7.89. The van der Waals surface area contributed by atoms with Gasteiger partial charge in [-0.15, -0.1) is 0 Å². The summed E-state index contributed by atoms with van der Waals surface area (Å²) < 4.78 is 38.4. The maximum atomic E-state index is 13.2. The third kappa shape index (κ3) is 5.35. The van der Waals surface area contributed by atoms with Crippen LogP contribution in [-0.4, -0.2) is 87.0 Å². The van der Waals surface area contributed by atoms with E-state index in [9.17, 15) is 18.0 Å². The van der Waals surface area contributed by atoms with E-state index in [0.717, 1.165) is 5.56 Å². The zero-order valence-electron chi connectivity index (χ0n) is 19.1. The highest BCUT2D eigenvalue weighted by Crippen LogP contribution is 2.28. The van der Waals surface area contributed by atoms with Gasteiger partial charge >= 0.3 is 6.09 Å². The third-order valence-corrected chi connectivity index (χ3v) is 7.80. The lowest BCUT2D eigenvalue weighted by Crippen LogP contribution is -2.54. The molecule has 0 aromatic heterocycles. The van der Waals surface area contributed by atoms with E-state index in [1.54, 1.807) is 34.9 Å². The summed E-state index contributed by atoms with van der Waals surface area (Å²) in [6.07, 6.45) is 0.930. The lowest BCUT2D eigenvalue weighted by Gasteiger charge is -2.38. The molecular formula is C22H33N3O6S. The predicted octanol–water partition coefficient (Wildman–Crippen LogP) is 2.10. The molecule has 0 saturated carbocycles. The van der Waals surface area contributed by atoms with Gasteiger partial charge in [-0.05, 0) is 57.4 Å². The second-order valence-electron chi connectivity index (χ2n) is 8.07. The van der Waals surface area contributed by atoms with E-state index in [1.807, 2.05) is 13.8 Å². The van der Waals surface area contributed by atoms with E-state index >= 15 is 0 Å². The molecule has 0 radical (unpaired) electrons. The minimum absolute atomic E-state index is 0.0451. The number of carbonyl (C=O) groups excluding carboxylic acids is 2. The summed E-state index contributed by atoms with van der Waals surface area (Å²) in [6.45, 7) is 8.56. The van der Waals surface area contributed by atoms with Crippen LogP contribution in [0.15, 0.2) is 23.1 Å². The number of sulfonamides is 1. The van der Waals surface area contributed by atoms with Crippen LogP contribution in [0.25, 0.3) is 0 Å². The molecule has 1 aromatic rings. The van der Waals surface area contributed by atoms with Gasteiger partial charge in [-0.25, -0.2) is 13.2 Å². The Morgan fingerprint density at radius 3 is 2.34 bits per heavy atom. The number of carbonyl (C=O) groups is 2. The molecule has 32 heavy (non-hydrogen) atoms. The summed E-state index contributed by atoms with van der Waals surface area (Å²) in [7, 11) is -3.70. The summed E-state index contributed by atoms with van der Waals surface area (Å²) in [6, 6.07) is 4.87. The molecule has 2 heterocycles. The van der Waals surface area contributed by atoms with E-state index < -0.39 is 10.0 Å². The highest BCUT2D eigenvalue weighted by Gasteiger charge is 2.36. The summed E-state index contributed by atoms with van der Waals surface area (Å²) in [5, 5.41) is 0. The first kappa shape index (κ1) is 24.3. The second-order valence-corrected chi connectivity index (χ2v) is 10.0. The molecule has 0 N–H and O–H groups in total. The van der Waals surface area contributed by atoms with Gasteiger partial charge in [0.2, 0.25) is 15.9 Å². The number of amides is 2. The SMILES string of the molecule is CCOC(=O)N1CCN(C(=O)[C@@H]2CCCN(S(=O)(=O)c3ccc(OCC)c(C)c3)C2)CC1. The molecule has 1 atom stereocenters. The van der Waals surface area contributed by atoms with Gasteiger partial charge in [-0.1, -0.05) is 0 Å². The Labute approximate surface area is 190 Å². The van der Waals surface area contributed by atoms with E-state index in [2.05, 4.69) is 0 Å². The zero-order chi connectivity index (χ0) is 23.3. The molecular weight excluding hydrogens is 434 g/mol. The first-order valence-electron chi connectivity index (χ1n) is 11.2. The van der Waals surface area contributed by atoms with Crippen molar-refractivity contribution in [2.24, 2.45) is 5.92 Å². The molecule has 9 nitrogen and oxygen atoms in total. The Kier molecular flexibility index (Phi) is 8.00. The molecule has 178 valence electrons. The molecule has 2 aliphatic heterocycles. The smallest absolute Gasteiger partial charge is 0.409 e. The summed E-state index contributed by atoms with van der Waals surface area (Å²) >= 11 is 0. The van der Waals surface area contributed by atoms with Crippen molar-refractivity contribution in [1.29, 1.82) is 0 Å². The van der Waals surface area contributed by atoms with Crippen LogP contribution in [0.4, 0.5) is 4.79 Å². The van der Waals surface area contributed by atoms with Crippen LogP contribution in [0.3, 0.4) is 0 Å². The molecule has 1 aromatic carbocycles. The molecule has 3 rings (SSSR count). The van der Waals surface area contributed by atoms with Crippen LogP contribution in [-0.2, 0) is 19.6 Å². The zero-order valence-corrected chi connectivity index (χ0v) is 19.9. The van der Waals surface area contributed by atoms with E-state index in [0.29, 0.717) is 64.5 Å². The number of aryl methyl sites for hydroxylation is 1. The lowest BCUT2D eigenvalue weighted by atomic mass is 9.98. The van der Waals surface area contributed by atoms with Crippen LogP contribution >= 0.6 is 0 Å². The average Bonchev–Trinajstić information content (AvgIpc) is 2.80. The van der Waals surface area contributed by atoms with Crippen molar-refractivity contribution in [3.8, 4) is 5.75 Å². The summed E-state index contributed by atoms with van der Waals surface area (Å²) in [5.74, 6) is 0.243. The molecule has 2 fully saturated rings. The molecule has 2 saturated heterocycles. The fraction of sp³-hybridized carbons (Fsp3) is 0.636. The summed E-state index contributed by atoms with van der Waals surface area (Å²) in [5.41, 5.74) is 0.761. The van der Waals surface area contributed by atoms with Gasteiger partial charge in [0, 0.05) is 39.3 Å². The van der Waals surface area contributed by atoms with Crippen LogP contribution in [0, 0.1) is 12.8 Å². The van der Waals surface area contributed by atoms with E-state index in [4.69, 9.17) is 9.47 Å². The van der Waals surface area contributed by atoms with Crippen molar-refractivity contribution in [1.82, 2.24) is 14.1 Å². The molecule has 0 spiro atoms. The van der Waals surface area contributed by atoms with Crippen LogP contribution in [0.1, 0.15) is 32.3 Å². The van der Waals surface area contributed by atoms with Crippen LogP contribution in [0.5, 0.6) is 5.75 Å². The van der Waals surface area contributed by atoms with Crippen molar-refractivity contribution in [2.45, 2.75) is 38.5 Å². The van der Waals surface area contributed by atoms with Gasteiger partial charge in [-0.3, -0.25) is 4.79 Å². The average molecular weight is 468 g/mol. The maximum absolute atomic E-state index is 13.2. The van der Waals surface area contributed by atoms with Crippen molar-refractivity contribution < 1.29 is 27.5 Å². The number of nitrogens with zero attached hydrogens (tertiary/aromatic N) is 3. The van der Waals surface area contributed by atoms with Crippen molar-refractivity contribution in [3.05, 3.63) is 23.8 Å². The van der Waals surface area contributed by atoms with Gasteiger partial charge in [0.15, 0.2) is 0 Å². The van der Waals surface area contributed by atoms with Crippen LogP contribution < -0.4 is 4.74 Å². The Morgan fingerprint density at radius 1 is 1.03 bits per heavy atom. The van der Waals surface area contributed by atoms with E-state index in [1.165, 1.54) is 4.31 Å².